The van der Waals surface area contributed by atoms with Gasteiger partial charge in [0, 0.05) is 12.0 Å². The third kappa shape index (κ3) is 1.14. The Hall–Kier alpha value is -2.11. The molecule has 0 spiro atoms. The number of benzene rings is 1. The summed E-state index contributed by atoms with van der Waals surface area (Å²) in [6.45, 7) is 0.646. The van der Waals surface area contributed by atoms with Crippen molar-refractivity contribution in [2.24, 2.45) is 0 Å². The summed E-state index contributed by atoms with van der Waals surface area (Å²) in [4.78, 5) is 4.48. The summed E-state index contributed by atoms with van der Waals surface area (Å²) in [5.41, 5.74) is 7.39. The van der Waals surface area contributed by atoms with Crippen LogP contribution in [0.3, 0.4) is 0 Å². The molecule has 0 bridgehead atoms. The molecule has 1 aromatic carbocycles. The van der Waals surface area contributed by atoms with Crippen LogP contribution < -0.4 is 15.3 Å². The number of fused-ring (bicyclic) bond motifs is 2. The minimum Gasteiger partial charge on any atom is -0.594 e. The summed E-state index contributed by atoms with van der Waals surface area (Å²) in [6.07, 6.45) is 0.841. The first-order valence-electron chi connectivity index (χ1n) is 4.57. The van der Waals surface area contributed by atoms with Crippen molar-refractivity contribution in [1.82, 2.24) is 10.1 Å². The molecule has 0 radical (unpaired) electrons. The van der Waals surface area contributed by atoms with Gasteiger partial charge in [0.2, 0.25) is 0 Å². The predicted molar refractivity (Wildman–Crippen MR) is 52.1 cm³/mol. The van der Waals surface area contributed by atoms with Gasteiger partial charge in [0.15, 0.2) is 0 Å². The monoisotopic (exact) mass is 204 g/mol. The topological polar surface area (TPSA) is 88.0 Å². The number of hydrogen-bond donors (Lipinski definition) is 1. The first kappa shape index (κ1) is 8.22. The molecule has 0 saturated heterocycles. The highest BCUT2D eigenvalue weighted by molar-refractivity contribution is 5.75. The van der Waals surface area contributed by atoms with Gasteiger partial charge in [0.1, 0.15) is 11.3 Å². The van der Waals surface area contributed by atoms with Crippen molar-refractivity contribution in [1.29, 1.82) is 0 Å². The smallest absolute Gasteiger partial charge is 0.288 e. The van der Waals surface area contributed by atoms with Gasteiger partial charge in [-0.2, -0.15) is 0 Å². The average Bonchev–Trinajstić information content (AvgIpc) is 2.61. The SMILES string of the molecule is Nc1nc2cc3c(cc2[n+]([O-])n1)OCC3. The molecule has 0 aliphatic carbocycles. The molecule has 2 aromatic rings. The lowest BCUT2D eigenvalue weighted by Gasteiger charge is -2.02. The van der Waals surface area contributed by atoms with Crippen molar-refractivity contribution in [2.75, 3.05) is 12.3 Å². The number of ether oxygens (including phenoxy) is 1. The van der Waals surface area contributed by atoms with Gasteiger partial charge in [-0.25, -0.2) is 4.98 Å². The Balaban J connectivity index is 2.38. The molecule has 6 nitrogen and oxygen atoms in total. The van der Waals surface area contributed by atoms with E-state index in [2.05, 4.69) is 10.1 Å². The van der Waals surface area contributed by atoms with E-state index in [-0.39, 0.29) is 5.95 Å². The Kier molecular flexibility index (Phi) is 1.47. The van der Waals surface area contributed by atoms with Gasteiger partial charge in [-0.15, -0.1) is 0 Å². The van der Waals surface area contributed by atoms with Gasteiger partial charge in [-0.1, -0.05) is 0 Å². The van der Waals surface area contributed by atoms with Crippen LogP contribution >= 0.6 is 0 Å². The van der Waals surface area contributed by atoms with Crippen molar-refractivity contribution in [3.05, 3.63) is 22.9 Å². The third-order valence-corrected chi connectivity index (χ3v) is 2.42. The van der Waals surface area contributed by atoms with Crippen molar-refractivity contribution in [3.8, 4) is 5.75 Å². The molecule has 76 valence electrons. The maximum Gasteiger partial charge on any atom is 0.288 e. The molecule has 2 N–H and O–H groups in total. The van der Waals surface area contributed by atoms with E-state index in [0.29, 0.717) is 22.5 Å². The second-order valence-corrected chi connectivity index (χ2v) is 3.39. The Bertz CT molecular complexity index is 555. The molecule has 3 rings (SSSR count). The molecular weight excluding hydrogens is 196 g/mol. The van der Waals surface area contributed by atoms with Gasteiger partial charge < -0.3 is 15.7 Å². The molecule has 1 aliphatic rings. The quantitative estimate of drug-likeness (QED) is 0.473. The number of nitrogens with zero attached hydrogens (tertiary/aromatic N) is 3. The maximum absolute atomic E-state index is 11.4. The standard InChI is InChI=1S/C9H8N4O2/c10-9-11-6-3-5-1-2-15-8(5)4-7(6)13(14)12-9/h3-4H,1-2H2,(H2,10,11,12). The highest BCUT2D eigenvalue weighted by Crippen LogP contribution is 2.28. The van der Waals surface area contributed by atoms with Gasteiger partial charge in [-0.05, 0) is 10.9 Å². The molecule has 2 heterocycles. The van der Waals surface area contributed by atoms with Crippen LogP contribution in [0.2, 0.25) is 0 Å². The summed E-state index contributed by atoms with van der Waals surface area (Å²) in [7, 11) is 0. The highest BCUT2D eigenvalue weighted by Gasteiger charge is 2.18. The number of nitrogen functional groups attached to an aromatic ring is 1. The normalized spacial score (nSPS) is 13.9. The summed E-state index contributed by atoms with van der Waals surface area (Å²) in [5.74, 6) is 0.719. The van der Waals surface area contributed by atoms with Crippen LogP contribution in [-0.4, -0.2) is 16.7 Å². The van der Waals surface area contributed by atoms with Crippen LogP contribution in [0.25, 0.3) is 11.0 Å². The average molecular weight is 204 g/mol. The van der Waals surface area contributed by atoms with Crippen LogP contribution in [0.1, 0.15) is 5.56 Å². The van der Waals surface area contributed by atoms with Crippen LogP contribution in [0.4, 0.5) is 5.95 Å². The second-order valence-electron chi connectivity index (χ2n) is 3.39. The molecule has 15 heavy (non-hydrogen) atoms. The molecule has 6 heteroatoms. The fourth-order valence-electron chi connectivity index (χ4n) is 1.74. The van der Waals surface area contributed by atoms with Gasteiger partial charge in [0.25, 0.3) is 11.5 Å². The van der Waals surface area contributed by atoms with E-state index < -0.39 is 0 Å². The largest absolute Gasteiger partial charge is 0.594 e. The first-order valence-corrected chi connectivity index (χ1v) is 4.57. The second kappa shape index (κ2) is 2.69. The minimum atomic E-state index is -0.0173. The molecule has 0 saturated carbocycles. The molecule has 0 unspecified atom stereocenters. The molecule has 0 atom stereocenters. The lowest BCUT2D eigenvalue weighted by atomic mass is 10.1. The zero-order valence-electron chi connectivity index (χ0n) is 7.80. The summed E-state index contributed by atoms with van der Waals surface area (Å²) in [5, 5.41) is 14.9. The van der Waals surface area contributed by atoms with Gasteiger partial charge in [-0.3, -0.25) is 0 Å². The number of nitrogens with two attached hydrogens (primary N) is 1. The van der Waals surface area contributed by atoms with Crippen LogP contribution in [-0.2, 0) is 6.42 Å². The molecule has 0 amide bonds. The Morgan fingerprint density at radius 3 is 3.20 bits per heavy atom. The fourth-order valence-corrected chi connectivity index (χ4v) is 1.74. The van der Waals surface area contributed by atoms with E-state index in [9.17, 15) is 5.21 Å². The van der Waals surface area contributed by atoms with E-state index in [1.54, 1.807) is 6.07 Å². The fraction of sp³-hybridized carbons (Fsp3) is 0.222. The predicted octanol–water partition coefficient (Wildman–Crippen LogP) is -0.220. The van der Waals surface area contributed by atoms with Crippen molar-refractivity contribution < 1.29 is 9.58 Å². The lowest BCUT2D eigenvalue weighted by molar-refractivity contribution is -0.641. The molecule has 1 aliphatic heterocycles. The number of anilines is 1. The lowest BCUT2D eigenvalue weighted by Crippen LogP contribution is -2.33. The van der Waals surface area contributed by atoms with Crippen molar-refractivity contribution in [3.63, 3.8) is 0 Å². The first-order chi connectivity index (χ1) is 7.24. The van der Waals surface area contributed by atoms with E-state index in [4.69, 9.17) is 10.5 Å². The van der Waals surface area contributed by atoms with Crippen molar-refractivity contribution in [2.45, 2.75) is 6.42 Å². The molecule has 0 fully saturated rings. The summed E-state index contributed by atoms with van der Waals surface area (Å²) < 4.78 is 5.35. The number of rotatable bonds is 0. The van der Waals surface area contributed by atoms with E-state index in [1.165, 1.54) is 0 Å². The maximum atomic E-state index is 11.4. The van der Waals surface area contributed by atoms with E-state index >= 15 is 0 Å². The third-order valence-electron chi connectivity index (χ3n) is 2.42. The van der Waals surface area contributed by atoms with Gasteiger partial charge in [0.05, 0.1) is 17.8 Å². The zero-order chi connectivity index (χ0) is 10.4. The molecule has 1 aromatic heterocycles. The van der Waals surface area contributed by atoms with Crippen LogP contribution in [0, 0.1) is 5.21 Å². The number of hydrogen-bond acceptors (Lipinski definition) is 5. The summed E-state index contributed by atoms with van der Waals surface area (Å²) in [6, 6.07) is 3.48. The highest BCUT2D eigenvalue weighted by atomic mass is 16.5. The minimum absolute atomic E-state index is 0.0173. The Labute approximate surface area is 84.9 Å². The Morgan fingerprint density at radius 1 is 1.47 bits per heavy atom. The van der Waals surface area contributed by atoms with E-state index in [0.717, 1.165) is 17.7 Å². The van der Waals surface area contributed by atoms with E-state index in [1.807, 2.05) is 6.07 Å². The zero-order valence-corrected chi connectivity index (χ0v) is 7.80. The Morgan fingerprint density at radius 2 is 2.33 bits per heavy atom. The van der Waals surface area contributed by atoms with Gasteiger partial charge >= 0.3 is 0 Å². The molecular formula is C9H8N4O2. The summed E-state index contributed by atoms with van der Waals surface area (Å²) >= 11 is 0. The van der Waals surface area contributed by atoms with Crippen LogP contribution in [0.15, 0.2) is 12.1 Å². The number of aromatic nitrogens is 3. The van der Waals surface area contributed by atoms with Crippen LogP contribution in [0.5, 0.6) is 5.75 Å². The van der Waals surface area contributed by atoms with Crippen molar-refractivity contribution >= 4 is 17.0 Å².